The molecule has 0 radical (unpaired) electrons. The summed E-state index contributed by atoms with van der Waals surface area (Å²) in [6.45, 7) is 5.38. The quantitative estimate of drug-likeness (QED) is 0.796. The number of aromatic nitrogens is 2. The Balaban J connectivity index is 2.52. The Kier molecular flexibility index (Phi) is 5.44. The normalized spacial score (nSPS) is 10.6. The molecule has 17 heavy (non-hydrogen) atoms. The summed E-state index contributed by atoms with van der Waals surface area (Å²) in [5, 5.41) is 10.8. The number of carbonyl (C=O) groups excluding carboxylic acids is 1. The summed E-state index contributed by atoms with van der Waals surface area (Å²) in [5.41, 5.74) is 1.80. The molecule has 0 saturated carbocycles. The van der Waals surface area contributed by atoms with E-state index in [2.05, 4.69) is 15.7 Å². The third kappa shape index (κ3) is 3.71. The zero-order valence-electron chi connectivity index (χ0n) is 10.5. The van der Waals surface area contributed by atoms with Gasteiger partial charge < -0.3 is 10.6 Å². The lowest BCUT2D eigenvalue weighted by Gasteiger charge is -2.05. The molecule has 96 valence electrons. The molecule has 1 rings (SSSR count). The van der Waals surface area contributed by atoms with Crippen molar-refractivity contribution in [1.82, 2.24) is 20.4 Å². The number of nitrogens with zero attached hydrogens (tertiary/aromatic N) is 2. The summed E-state index contributed by atoms with van der Waals surface area (Å²) in [6, 6.07) is 0. The zero-order valence-corrected chi connectivity index (χ0v) is 11.3. The van der Waals surface area contributed by atoms with Crippen LogP contribution < -0.4 is 10.6 Å². The molecule has 1 aromatic heterocycles. The van der Waals surface area contributed by atoms with Gasteiger partial charge in [0.25, 0.3) is 0 Å². The van der Waals surface area contributed by atoms with E-state index in [1.807, 2.05) is 20.9 Å². The summed E-state index contributed by atoms with van der Waals surface area (Å²) >= 11 is 6.18. The largest absolute Gasteiger partial charge is 0.355 e. The maximum absolute atomic E-state index is 11.2. The van der Waals surface area contributed by atoms with Gasteiger partial charge in [0.15, 0.2) is 0 Å². The molecule has 0 atom stereocenters. The first kappa shape index (κ1) is 14.0. The number of rotatable bonds is 6. The Bertz CT molecular complexity index is 389. The lowest BCUT2D eigenvalue weighted by atomic mass is 10.3. The number of carbonyl (C=O) groups is 1. The van der Waals surface area contributed by atoms with E-state index in [0.29, 0.717) is 18.1 Å². The molecule has 0 aliphatic heterocycles. The van der Waals surface area contributed by atoms with Crippen LogP contribution in [0.5, 0.6) is 0 Å². The fraction of sp³-hybridized carbons (Fsp3) is 0.636. The van der Waals surface area contributed by atoms with Gasteiger partial charge in [-0.3, -0.25) is 9.48 Å². The molecule has 0 aliphatic rings. The molecule has 0 fully saturated rings. The van der Waals surface area contributed by atoms with Gasteiger partial charge in [-0.15, -0.1) is 0 Å². The number of likely N-dealkylation sites (N-methyl/N-ethyl adjacent to an activating group) is 1. The van der Waals surface area contributed by atoms with Gasteiger partial charge in [-0.2, -0.15) is 5.10 Å². The minimum atomic E-state index is -0.0125. The van der Waals surface area contributed by atoms with Crippen molar-refractivity contribution in [3.05, 3.63) is 16.4 Å². The molecule has 5 nitrogen and oxygen atoms in total. The molecule has 0 bridgehead atoms. The van der Waals surface area contributed by atoms with Crippen molar-refractivity contribution >= 4 is 17.5 Å². The van der Waals surface area contributed by atoms with E-state index in [0.717, 1.165) is 17.8 Å². The monoisotopic (exact) mass is 258 g/mol. The van der Waals surface area contributed by atoms with Crippen molar-refractivity contribution in [2.75, 3.05) is 13.1 Å². The van der Waals surface area contributed by atoms with Gasteiger partial charge in [-0.1, -0.05) is 18.5 Å². The maximum Gasteiger partial charge on any atom is 0.233 e. The highest BCUT2D eigenvalue weighted by atomic mass is 35.5. The van der Waals surface area contributed by atoms with Gasteiger partial charge in [0, 0.05) is 20.1 Å². The maximum atomic E-state index is 11.2. The number of halogens is 1. The van der Waals surface area contributed by atoms with E-state index in [1.165, 1.54) is 0 Å². The topological polar surface area (TPSA) is 59.0 Å². The van der Waals surface area contributed by atoms with Crippen LogP contribution in [0, 0.1) is 0 Å². The molecular formula is C11H19ClN4O. The lowest BCUT2D eigenvalue weighted by molar-refractivity contribution is -0.120. The van der Waals surface area contributed by atoms with Crippen LogP contribution in [0.4, 0.5) is 0 Å². The van der Waals surface area contributed by atoms with Gasteiger partial charge in [-0.25, -0.2) is 0 Å². The molecule has 0 saturated heterocycles. The van der Waals surface area contributed by atoms with Crippen LogP contribution in [0.15, 0.2) is 0 Å². The molecule has 0 aromatic carbocycles. The SMILES string of the molecule is CCNC(=O)CNCc1c(Cl)c(CC)nn1C. The second-order valence-corrected chi connectivity index (χ2v) is 4.12. The summed E-state index contributed by atoms with van der Waals surface area (Å²) in [7, 11) is 1.86. The van der Waals surface area contributed by atoms with E-state index < -0.39 is 0 Å². The van der Waals surface area contributed by atoms with Crippen molar-refractivity contribution < 1.29 is 4.79 Å². The first-order valence-electron chi connectivity index (χ1n) is 5.77. The highest BCUT2D eigenvalue weighted by Crippen LogP contribution is 2.20. The third-order valence-electron chi connectivity index (χ3n) is 2.45. The van der Waals surface area contributed by atoms with Crippen LogP contribution in [0.3, 0.4) is 0 Å². The highest BCUT2D eigenvalue weighted by Gasteiger charge is 2.12. The number of aryl methyl sites for hydroxylation is 2. The first-order chi connectivity index (χ1) is 8.10. The molecule has 2 N–H and O–H groups in total. The molecular weight excluding hydrogens is 240 g/mol. The van der Waals surface area contributed by atoms with Crippen molar-refractivity contribution in [1.29, 1.82) is 0 Å². The molecule has 1 amide bonds. The van der Waals surface area contributed by atoms with Gasteiger partial charge in [0.05, 0.1) is 23.0 Å². The standard InChI is InChI=1S/C11H19ClN4O/c1-4-8-11(12)9(16(3)15-8)6-13-7-10(17)14-5-2/h13H,4-7H2,1-3H3,(H,14,17). The van der Waals surface area contributed by atoms with Crippen molar-refractivity contribution in [2.24, 2.45) is 7.05 Å². The number of amides is 1. The molecule has 0 spiro atoms. The fourth-order valence-corrected chi connectivity index (χ4v) is 1.93. The summed E-state index contributed by atoms with van der Waals surface area (Å²) < 4.78 is 1.76. The predicted octanol–water partition coefficient (Wildman–Crippen LogP) is 0.862. The first-order valence-corrected chi connectivity index (χ1v) is 6.15. The number of hydrogen-bond donors (Lipinski definition) is 2. The van der Waals surface area contributed by atoms with E-state index in [9.17, 15) is 4.79 Å². The van der Waals surface area contributed by atoms with Gasteiger partial charge >= 0.3 is 0 Å². The molecule has 1 aromatic rings. The van der Waals surface area contributed by atoms with Crippen LogP contribution in [0.25, 0.3) is 0 Å². The van der Waals surface area contributed by atoms with E-state index in [1.54, 1.807) is 4.68 Å². The summed E-state index contributed by atoms with van der Waals surface area (Å²) in [4.78, 5) is 11.2. The van der Waals surface area contributed by atoms with Crippen molar-refractivity contribution in [2.45, 2.75) is 26.8 Å². The minimum Gasteiger partial charge on any atom is -0.355 e. The predicted molar refractivity (Wildman–Crippen MR) is 68.0 cm³/mol. The second kappa shape index (κ2) is 6.61. The highest BCUT2D eigenvalue weighted by molar-refractivity contribution is 6.31. The number of hydrogen-bond acceptors (Lipinski definition) is 3. The lowest BCUT2D eigenvalue weighted by Crippen LogP contribution is -2.33. The molecule has 0 unspecified atom stereocenters. The average molecular weight is 259 g/mol. The molecule has 0 aliphatic carbocycles. The van der Waals surface area contributed by atoms with Crippen molar-refractivity contribution in [3.63, 3.8) is 0 Å². The fourth-order valence-electron chi connectivity index (χ4n) is 1.57. The Labute approximate surface area is 107 Å². The van der Waals surface area contributed by atoms with Crippen molar-refractivity contribution in [3.8, 4) is 0 Å². The minimum absolute atomic E-state index is 0.0125. The van der Waals surface area contributed by atoms with E-state index in [4.69, 9.17) is 11.6 Å². The van der Waals surface area contributed by atoms with Gasteiger partial charge in [-0.05, 0) is 13.3 Å². The van der Waals surface area contributed by atoms with Crippen LogP contribution in [0.1, 0.15) is 25.2 Å². The number of nitrogens with one attached hydrogen (secondary N) is 2. The summed E-state index contributed by atoms with van der Waals surface area (Å²) in [6.07, 6.45) is 0.809. The van der Waals surface area contributed by atoms with Gasteiger partial charge in [0.2, 0.25) is 5.91 Å². The average Bonchev–Trinajstić information content (AvgIpc) is 2.56. The second-order valence-electron chi connectivity index (χ2n) is 3.74. The zero-order chi connectivity index (χ0) is 12.8. The van der Waals surface area contributed by atoms with Crippen LogP contribution in [-0.4, -0.2) is 28.8 Å². The van der Waals surface area contributed by atoms with E-state index >= 15 is 0 Å². The smallest absolute Gasteiger partial charge is 0.233 e. The third-order valence-corrected chi connectivity index (χ3v) is 2.89. The Morgan fingerprint density at radius 2 is 2.18 bits per heavy atom. The Morgan fingerprint density at radius 1 is 1.47 bits per heavy atom. The van der Waals surface area contributed by atoms with Crippen LogP contribution in [0.2, 0.25) is 5.02 Å². The Hall–Kier alpha value is -1.07. The Morgan fingerprint density at radius 3 is 2.71 bits per heavy atom. The van der Waals surface area contributed by atoms with Crippen LogP contribution in [-0.2, 0) is 24.8 Å². The van der Waals surface area contributed by atoms with Crippen LogP contribution >= 0.6 is 11.6 Å². The van der Waals surface area contributed by atoms with E-state index in [-0.39, 0.29) is 12.5 Å². The molecule has 1 heterocycles. The molecule has 6 heteroatoms. The summed E-state index contributed by atoms with van der Waals surface area (Å²) in [5.74, 6) is -0.0125. The van der Waals surface area contributed by atoms with Gasteiger partial charge in [0.1, 0.15) is 0 Å².